The van der Waals surface area contributed by atoms with E-state index in [1.165, 1.54) is 128 Å². The van der Waals surface area contributed by atoms with Crippen molar-refractivity contribution in [3.63, 3.8) is 0 Å². The minimum atomic E-state index is -0.809. The van der Waals surface area contributed by atoms with Crippen LogP contribution in [0.15, 0.2) is 72.9 Å². The molecule has 0 spiro atoms. The first-order chi connectivity index (χ1) is 29.5. The summed E-state index contributed by atoms with van der Waals surface area (Å²) in [6.45, 7) is 6.30. The number of amides is 1. The number of aliphatic hydroxyl groups is 2. The number of rotatable bonds is 44. The van der Waals surface area contributed by atoms with Crippen molar-refractivity contribution in [3.05, 3.63) is 72.9 Å². The van der Waals surface area contributed by atoms with Gasteiger partial charge in [0.25, 0.3) is 0 Å². The molecule has 0 aromatic carbocycles. The molecule has 6 nitrogen and oxygen atoms in total. The van der Waals surface area contributed by atoms with E-state index in [1.807, 2.05) is 48.6 Å². The van der Waals surface area contributed by atoms with Gasteiger partial charge in [-0.15, -0.1) is 0 Å². The number of carbonyl (C=O) groups excluding carboxylic acids is 2. The zero-order valence-corrected chi connectivity index (χ0v) is 39.3. The van der Waals surface area contributed by atoms with E-state index in [4.69, 9.17) is 4.74 Å². The summed E-state index contributed by atoms with van der Waals surface area (Å²) in [5, 5.41) is 23.7. The lowest BCUT2D eigenvalue weighted by atomic mass is 10.0. The van der Waals surface area contributed by atoms with Crippen LogP contribution in [0.4, 0.5) is 0 Å². The number of esters is 1. The van der Waals surface area contributed by atoms with Crippen LogP contribution < -0.4 is 5.32 Å². The molecule has 3 N–H and O–H groups in total. The number of unbranched alkanes of at least 4 members (excludes halogenated alkanes) is 24. The van der Waals surface area contributed by atoms with E-state index in [2.05, 4.69) is 50.4 Å². The molecule has 0 saturated heterocycles. The van der Waals surface area contributed by atoms with Gasteiger partial charge in [-0.25, -0.2) is 0 Å². The maximum atomic E-state index is 13.2. The van der Waals surface area contributed by atoms with Crippen LogP contribution in [-0.4, -0.2) is 46.9 Å². The molecule has 0 aliphatic carbocycles. The molecule has 3 atom stereocenters. The second-order valence-electron chi connectivity index (χ2n) is 17.0. The van der Waals surface area contributed by atoms with Gasteiger partial charge in [0, 0.05) is 6.42 Å². The van der Waals surface area contributed by atoms with Gasteiger partial charge in [0.15, 0.2) is 0 Å². The molecular weight excluding hydrogens is 743 g/mol. The number of carbonyl (C=O) groups is 2. The fraction of sp³-hybridized carbons (Fsp3) is 0.741. The van der Waals surface area contributed by atoms with Crippen molar-refractivity contribution in [2.75, 3.05) is 6.61 Å². The average Bonchev–Trinajstić information content (AvgIpc) is 3.24. The Hall–Kier alpha value is -2.70. The molecule has 0 aliphatic heterocycles. The zero-order chi connectivity index (χ0) is 43.8. The first-order valence-corrected chi connectivity index (χ1v) is 25.2. The smallest absolute Gasteiger partial charge is 0.306 e. The minimum absolute atomic E-state index is 0.0249. The molecule has 0 aliphatic rings. The highest BCUT2D eigenvalue weighted by atomic mass is 16.5. The van der Waals surface area contributed by atoms with E-state index in [0.717, 1.165) is 57.8 Å². The molecule has 6 heteroatoms. The zero-order valence-electron chi connectivity index (χ0n) is 39.3. The predicted molar refractivity (Wildman–Crippen MR) is 259 cm³/mol. The van der Waals surface area contributed by atoms with Gasteiger partial charge in [-0.05, 0) is 64.2 Å². The Morgan fingerprint density at radius 3 is 1.45 bits per heavy atom. The summed E-state index contributed by atoms with van der Waals surface area (Å²) >= 11 is 0. The summed E-state index contributed by atoms with van der Waals surface area (Å²) in [7, 11) is 0. The van der Waals surface area contributed by atoms with Gasteiger partial charge in [0.05, 0.1) is 25.2 Å². The van der Waals surface area contributed by atoms with Gasteiger partial charge in [-0.2, -0.15) is 0 Å². The normalized spacial score (nSPS) is 13.9. The molecule has 60 heavy (non-hydrogen) atoms. The summed E-state index contributed by atoms with van der Waals surface area (Å²) in [4.78, 5) is 26.1. The summed E-state index contributed by atoms with van der Waals surface area (Å²) in [5.41, 5.74) is 0. The van der Waals surface area contributed by atoms with Crippen LogP contribution in [0.3, 0.4) is 0 Å². The summed E-state index contributed by atoms with van der Waals surface area (Å²) in [5.74, 6) is -0.553. The molecule has 0 saturated carbocycles. The average molecular weight is 838 g/mol. The first kappa shape index (κ1) is 57.3. The third-order valence-corrected chi connectivity index (χ3v) is 11.1. The summed E-state index contributed by atoms with van der Waals surface area (Å²) in [6, 6.07) is -0.727. The van der Waals surface area contributed by atoms with Crippen LogP contribution in [0.25, 0.3) is 0 Å². The van der Waals surface area contributed by atoms with Crippen LogP contribution in [0.5, 0.6) is 0 Å². The third kappa shape index (κ3) is 42.0. The van der Waals surface area contributed by atoms with E-state index in [0.29, 0.717) is 19.3 Å². The van der Waals surface area contributed by atoms with Gasteiger partial charge in [-0.1, -0.05) is 229 Å². The Bertz CT molecular complexity index is 1120. The molecule has 1 amide bonds. The van der Waals surface area contributed by atoms with Crippen LogP contribution in [0.1, 0.15) is 233 Å². The lowest BCUT2D eigenvalue weighted by Gasteiger charge is -2.24. The first-order valence-electron chi connectivity index (χ1n) is 25.2. The van der Waals surface area contributed by atoms with Crippen molar-refractivity contribution in [2.45, 2.75) is 251 Å². The predicted octanol–water partition coefficient (Wildman–Crippen LogP) is 15.0. The van der Waals surface area contributed by atoms with E-state index < -0.39 is 18.2 Å². The SMILES string of the molecule is CC/C=C/C=C/C=C\C=C/C=C/CCCC(CC(=O)NC(CO)C(O)CCCCCCCCCCCCCCC)OC(=O)CCCCCCCCC/C=C\CCCCCC. The molecule has 0 heterocycles. The molecule has 3 unspecified atom stereocenters. The van der Waals surface area contributed by atoms with Crippen LogP contribution in [-0.2, 0) is 14.3 Å². The van der Waals surface area contributed by atoms with Gasteiger partial charge in [0.2, 0.25) is 5.91 Å². The lowest BCUT2D eigenvalue weighted by Crippen LogP contribution is -2.46. The van der Waals surface area contributed by atoms with Crippen LogP contribution in [0, 0.1) is 0 Å². The maximum Gasteiger partial charge on any atom is 0.306 e. The topological polar surface area (TPSA) is 95.9 Å². The second-order valence-corrected chi connectivity index (χ2v) is 17.0. The van der Waals surface area contributed by atoms with Crippen molar-refractivity contribution in [3.8, 4) is 0 Å². The van der Waals surface area contributed by atoms with Crippen molar-refractivity contribution in [1.29, 1.82) is 0 Å². The molecule has 0 radical (unpaired) electrons. The Morgan fingerprint density at radius 1 is 0.500 bits per heavy atom. The number of hydrogen-bond acceptors (Lipinski definition) is 5. The highest BCUT2D eigenvalue weighted by Gasteiger charge is 2.24. The second kappa shape index (κ2) is 47.4. The van der Waals surface area contributed by atoms with Crippen molar-refractivity contribution < 1.29 is 24.5 Å². The Morgan fingerprint density at radius 2 is 0.933 bits per heavy atom. The molecule has 0 fully saturated rings. The quantitative estimate of drug-likeness (QED) is 0.0246. The van der Waals surface area contributed by atoms with Gasteiger partial charge in [-0.3, -0.25) is 9.59 Å². The molecular formula is C54H95NO5. The standard InChI is InChI=1S/C54H95NO5/c1-4-7-10-13-16-19-22-25-26-29-32-35-38-41-44-47-54(59)60-50(45-42-39-36-33-30-27-23-20-17-14-11-8-5-2)48-53(58)55-51(49-56)52(57)46-43-40-37-34-31-28-24-21-18-15-12-9-6-3/h8,11,14,17,19-20,22-23,27,30,33,36,50-52,56-57H,4-7,9-10,12-13,15-16,18,21,24-26,28-29,31-32,34-35,37-49H2,1-3H3,(H,55,58)/b11-8+,17-14+,22-19-,23-20-,30-27-,36-33+. The molecule has 0 bridgehead atoms. The van der Waals surface area contributed by atoms with Gasteiger partial charge in [0.1, 0.15) is 6.10 Å². The Balaban J connectivity index is 4.68. The van der Waals surface area contributed by atoms with E-state index in [-0.39, 0.29) is 24.9 Å². The van der Waals surface area contributed by atoms with Crippen LogP contribution in [0.2, 0.25) is 0 Å². The highest BCUT2D eigenvalue weighted by molar-refractivity contribution is 5.77. The molecule has 0 aromatic rings. The van der Waals surface area contributed by atoms with Crippen molar-refractivity contribution in [2.24, 2.45) is 0 Å². The fourth-order valence-electron chi connectivity index (χ4n) is 7.33. The fourth-order valence-corrected chi connectivity index (χ4v) is 7.33. The monoisotopic (exact) mass is 838 g/mol. The van der Waals surface area contributed by atoms with Crippen molar-refractivity contribution in [1.82, 2.24) is 5.32 Å². The van der Waals surface area contributed by atoms with E-state index in [1.54, 1.807) is 0 Å². The van der Waals surface area contributed by atoms with E-state index in [9.17, 15) is 19.8 Å². The van der Waals surface area contributed by atoms with Crippen LogP contribution >= 0.6 is 0 Å². The number of nitrogens with one attached hydrogen (secondary N) is 1. The number of allylic oxidation sites excluding steroid dienone is 12. The number of aliphatic hydroxyl groups excluding tert-OH is 2. The Kier molecular flexibility index (Phi) is 45.2. The molecule has 0 aromatic heterocycles. The van der Waals surface area contributed by atoms with Gasteiger partial charge < -0.3 is 20.3 Å². The number of hydrogen-bond donors (Lipinski definition) is 3. The largest absolute Gasteiger partial charge is 0.462 e. The summed E-state index contributed by atoms with van der Waals surface area (Å²) < 4.78 is 5.89. The molecule has 0 rings (SSSR count). The molecule has 346 valence electrons. The minimum Gasteiger partial charge on any atom is -0.462 e. The number of ether oxygens (including phenoxy) is 1. The highest BCUT2D eigenvalue weighted by Crippen LogP contribution is 2.17. The Labute approximate surface area is 371 Å². The maximum absolute atomic E-state index is 13.2. The van der Waals surface area contributed by atoms with Gasteiger partial charge >= 0.3 is 5.97 Å². The summed E-state index contributed by atoms with van der Waals surface area (Å²) in [6.07, 6.45) is 59.6. The third-order valence-electron chi connectivity index (χ3n) is 11.1. The van der Waals surface area contributed by atoms with E-state index >= 15 is 0 Å². The van der Waals surface area contributed by atoms with Crippen molar-refractivity contribution >= 4 is 11.9 Å². The lowest BCUT2D eigenvalue weighted by molar-refractivity contribution is -0.151.